The van der Waals surface area contributed by atoms with Gasteiger partial charge in [-0.2, -0.15) is 0 Å². The van der Waals surface area contributed by atoms with Crippen LogP contribution < -0.4 is 10.0 Å². The molecule has 0 fully saturated rings. The molecule has 2 N–H and O–H groups in total. The first-order chi connectivity index (χ1) is 12.0. The predicted octanol–water partition coefficient (Wildman–Crippen LogP) is 3.33. The van der Waals surface area contributed by atoms with Gasteiger partial charge < -0.3 is 14.2 Å². The Morgan fingerprint density at radius 3 is 2.32 bits per heavy atom. The zero-order valence-corrected chi connectivity index (χ0v) is 13.7. The summed E-state index contributed by atoms with van der Waals surface area (Å²) in [5, 5.41) is 2.63. The van der Waals surface area contributed by atoms with E-state index >= 15 is 0 Å². The number of nitrogens with one attached hydrogen (secondary N) is 2. The van der Waals surface area contributed by atoms with Gasteiger partial charge in [0.25, 0.3) is 10.0 Å². The third-order valence-electron chi connectivity index (χ3n) is 3.13. The van der Waals surface area contributed by atoms with E-state index < -0.39 is 10.0 Å². The Morgan fingerprint density at radius 2 is 1.68 bits per heavy atom. The monoisotopic (exact) mass is 358 g/mol. The molecule has 0 aliphatic heterocycles. The topological polar surface area (TPSA) is 102 Å². The van der Waals surface area contributed by atoms with E-state index in [9.17, 15) is 13.2 Å². The summed E-state index contributed by atoms with van der Waals surface area (Å²) < 4.78 is 36.7. The maximum absolute atomic E-state index is 12.2. The third kappa shape index (κ3) is 4.39. The Hall–Kier alpha value is -3.26. The molecule has 2 aromatic heterocycles. The van der Waals surface area contributed by atoms with E-state index in [1.165, 1.54) is 55.0 Å². The van der Waals surface area contributed by atoms with E-state index in [0.29, 0.717) is 11.4 Å². The summed E-state index contributed by atoms with van der Waals surface area (Å²) in [6.07, 6.45) is 5.73. The minimum Gasteiger partial charge on any atom is -0.465 e. The molecule has 0 unspecified atom stereocenters. The fourth-order valence-electron chi connectivity index (χ4n) is 1.97. The Morgan fingerprint density at radius 1 is 0.960 bits per heavy atom. The SMILES string of the molecule is O=C(/C=C/c1ccco1)Nc1ccc(S(=O)(=O)Nc2ccco2)cc1. The van der Waals surface area contributed by atoms with Crippen molar-refractivity contribution in [2.75, 3.05) is 10.0 Å². The summed E-state index contributed by atoms with van der Waals surface area (Å²) in [6.45, 7) is 0. The lowest BCUT2D eigenvalue weighted by atomic mass is 10.3. The van der Waals surface area contributed by atoms with E-state index in [2.05, 4.69) is 10.0 Å². The van der Waals surface area contributed by atoms with Crippen LogP contribution in [0, 0.1) is 0 Å². The number of hydrogen-bond donors (Lipinski definition) is 2. The van der Waals surface area contributed by atoms with Crippen molar-refractivity contribution in [3.05, 3.63) is 72.9 Å². The lowest BCUT2D eigenvalue weighted by Crippen LogP contribution is -2.13. The van der Waals surface area contributed by atoms with E-state index in [-0.39, 0.29) is 16.7 Å². The van der Waals surface area contributed by atoms with Crippen LogP contribution in [0.5, 0.6) is 0 Å². The van der Waals surface area contributed by atoms with E-state index in [1.54, 1.807) is 18.2 Å². The van der Waals surface area contributed by atoms with Crippen molar-refractivity contribution in [2.45, 2.75) is 4.90 Å². The Bertz CT molecular complexity index is 957. The molecule has 1 amide bonds. The average Bonchev–Trinajstić information content (AvgIpc) is 3.27. The summed E-state index contributed by atoms with van der Waals surface area (Å²) in [5.41, 5.74) is 0.464. The highest BCUT2D eigenvalue weighted by Crippen LogP contribution is 2.18. The summed E-state index contributed by atoms with van der Waals surface area (Å²) in [5.74, 6) is 0.321. The second kappa shape index (κ2) is 7.10. The van der Waals surface area contributed by atoms with Crippen LogP contribution in [0.1, 0.15) is 5.76 Å². The van der Waals surface area contributed by atoms with Crippen molar-refractivity contribution >= 4 is 33.6 Å². The minimum atomic E-state index is -3.75. The molecule has 0 radical (unpaired) electrons. The highest BCUT2D eigenvalue weighted by molar-refractivity contribution is 7.92. The van der Waals surface area contributed by atoms with Gasteiger partial charge in [-0.1, -0.05) is 0 Å². The highest BCUT2D eigenvalue weighted by Gasteiger charge is 2.15. The molecule has 0 atom stereocenters. The van der Waals surface area contributed by atoms with Crippen molar-refractivity contribution in [1.29, 1.82) is 0 Å². The van der Waals surface area contributed by atoms with E-state index in [0.717, 1.165) is 0 Å². The molecular formula is C17H14N2O5S. The first-order valence-electron chi connectivity index (χ1n) is 7.22. The zero-order chi connectivity index (χ0) is 17.7. The van der Waals surface area contributed by atoms with Gasteiger partial charge in [0.1, 0.15) is 5.76 Å². The summed E-state index contributed by atoms with van der Waals surface area (Å²) >= 11 is 0. The molecule has 8 heteroatoms. The fourth-order valence-corrected chi connectivity index (χ4v) is 2.97. The van der Waals surface area contributed by atoms with Crippen molar-refractivity contribution in [3.8, 4) is 0 Å². The lowest BCUT2D eigenvalue weighted by Gasteiger charge is -2.07. The summed E-state index contributed by atoms with van der Waals surface area (Å²) in [4.78, 5) is 11.9. The zero-order valence-electron chi connectivity index (χ0n) is 12.9. The van der Waals surface area contributed by atoms with Gasteiger partial charge in [-0.15, -0.1) is 0 Å². The number of carbonyl (C=O) groups is 1. The van der Waals surface area contributed by atoms with Gasteiger partial charge in [0, 0.05) is 17.8 Å². The highest BCUT2D eigenvalue weighted by atomic mass is 32.2. The number of hydrogen-bond acceptors (Lipinski definition) is 5. The minimum absolute atomic E-state index is 0.0491. The van der Waals surface area contributed by atoms with Crippen LogP contribution in [-0.2, 0) is 14.8 Å². The van der Waals surface area contributed by atoms with Gasteiger partial charge in [0.2, 0.25) is 11.8 Å². The third-order valence-corrected chi connectivity index (χ3v) is 4.49. The second-order valence-electron chi connectivity index (χ2n) is 4.95. The molecule has 0 spiro atoms. The van der Waals surface area contributed by atoms with Gasteiger partial charge >= 0.3 is 0 Å². The molecular weight excluding hydrogens is 344 g/mol. The quantitative estimate of drug-likeness (QED) is 0.658. The van der Waals surface area contributed by atoms with Crippen LogP contribution in [0.3, 0.4) is 0 Å². The molecule has 0 saturated heterocycles. The Kier molecular flexibility index (Phi) is 4.71. The number of amides is 1. The summed E-state index contributed by atoms with van der Waals surface area (Å²) in [7, 11) is -3.75. The molecule has 7 nitrogen and oxygen atoms in total. The van der Waals surface area contributed by atoms with Crippen LogP contribution >= 0.6 is 0 Å². The molecule has 0 aliphatic rings. The molecule has 25 heavy (non-hydrogen) atoms. The smallest absolute Gasteiger partial charge is 0.264 e. The fraction of sp³-hybridized carbons (Fsp3) is 0. The van der Waals surface area contributed by atoms with Gasteiger partial charge in [0.15, 0.2) is 0 Å². The number of furan rings is 2. The van der Waals surface area contributed by atoms with Crippen molar-refractivity contribution < 1.29 is 22.0 Å². The Balaban J connectivity index is 1.64. The van der Waals surface area contributed by atoms with Gasteiger partial charge in [-0.05, 0) is 48.5 Å². The van der Waals surface area contributed by atoms with Crippen LogP contribution in [0.2, 0.25) is 0 Å². The van der Waals surface area contributed by atoms with Gasteiger partial charge in [-0.3, -0.25) is 4.79 Å². The largest absolute Gasteiger partial charge is 0.465 e. The number of carbonyl (C=O) groups excluding carboxylic acids is 1. The van der Waals surface area contributed by atoms with Crippen molar-refractivity contribution in [3.63, 3.8) is 0 Å². The standard InChI is InChI=1S/C17H14N2O5S/c20-16(10-7-14-3-1-11-23-14)18-13-5-8-15(9-6-13)25(21,22)19-17-4-2-12-24-17/h1-12,19H,(H,18,20)/b10-7+. The van der Waals surface area contributed by atoms with Crippen LogP contribution in [0.15, 0.2) is 80.9 Å². The number of anilines is 2. The van der Waals surface area contributed by atoms with Gasteiger partial charge in [0.05, 0.1) is 17.4 Å². The average molecular weight is 358 g/mol. The first-order valence-corrected chi connectivity index (χ1v) is 8.70. The molecule has 3 aromatic rings. The van der Waals surface area contributed by atoms with E-state index in [4.69, 9.17) is 8.83 Å². The molecule has 2 heterocycles. The number of rotatable bonds is 6. The maximum Gasteiger partial charge on any atom is 0.264 e. The number of benzene rings is 1. The van der Waals surface area contributed by atoms with E-state index in [1.807, 2.05) is 0 Å². The maximum atomic E-state index is 12.2. The van der Waals surface area contributed by atoms with Crippen LogP contribution in [-0.4, -0.2) is 14.3 Å². The second-order valence-corrected chi connectivity index (χ2v) is 6.63. The van der Waals surface area contributed by atoms with Crippen molar-refractivity contribution in [1.82, 2.24) is 0 Å². The van der Waals surface area contributed by atoms with Crippen LogP contribution in [0.4, 0.5) is 11.6 Å². The lowest BCUT2D eigenvalue weighted by molar-refractivity contribution is -0.111. The number of sulfonamides is 1. The Labute approximate surface area is 144 Å². The molecule has 3 rings (SSSR count). The first kappa shape index (κ1) is 16.6. The molecule has 0 saturated carbocycles. The molecule has 1 aromatic carbocycles. The van der Waals surface area contributed by atoms with Gasteiger partial charge in [-0.25, -0.2) is 13.1 Å². The molecule has 0 bridgehead atoms. The summed E-state index contributed by atoms with van der Waals surface area (Å²) in [6, 6.07) is 12.3. The van der Waals surface area contributed by atoms with Crippen LogP contribution in [0.25, 0.3) is 6.08 Å². The molecule has 128 valence electrons. The van der Waals surface area contributed by atoms with Crippen molar-refractivity contribution in [2.24, 2.45) is 0 Å². The normalized spacial score (nSPS) is 11.5. The predicted molar refractivity (Wildman–Crippen MR) is 92.3 cm³/mol. The molecule has 0 aliphatic carbocycles.